The van der Waals surface area contributed by atoms with Crippen molar-refractivity contribution in [3.05, 3.63) is 78.3 Å². The molecule has 2 N–H and O–H groups in total. The monoisotopic (exact) mass is 513 g/mol. The molecule has 0 bridgehead atoms. The van der Waals surface area contributed by atoms with Gasteiger partial charge >= 0.3 is 5.91 Å². The molecule has 0 aliphatic carbocycles. The van der Waals surface area contributed by atoms with Gasteiger partial charge in [-0.25, -0.2) is 17.5 Å². The Labute approximate surface area is 207 Å². The van der Waals surface area contributed by atoms with E-state index in [1.807, 2.05) is 4.72 Å². The zero-order chi connectivity index (χ0) is 25.9. The van der Waals surface area contributed by atoms with Crippen molar-refractivity contribution in [2.45, 2.75) is 24.3 Å². The largest absolute Gasteiger partial charge is 0.451 e. The predicted octanol–water partition coefficient (Wildman–Crippen LogP) is 2.73. The molecule has 1 aromatic heterocycles. The maximum absolute atomic E-state index is 13.9. The number of amides is 3. The first-order chi connectivity index (χ1) is 17.2. The third kappa shape index (κ3) is 5.46. The molecule has 36 heavy (non-hydrogen) atoms. The Morgan fingerprint density at radius 2 is 1.83 bits per heavy atom. The number of fused-ring (bicyclic) bond motifs is 1. The molecule has 4 rings (SSSR count). The third-order valence-corrected chi connectivity index (χ3v) is 7.34. The van der Waals surface area contributed by atoms with Crippen LogP contribution in [0.15, 0.2) is 70.5 Å². The molecule has 1 aliphatic heterocycles. The SMILES string of the molecule is C=CC(=O)N1CCC(C(=O)NCc2ccc3cc(C(=O)NS(=O)(=O)c4ccccc4F)oc3c2)CC1. The minimum absolute atomic E-state index is 0.112. The summed E-state index contributed by atoms with van der Waals surface area (Å²) in [5.41, 5.74) is 1.04. The summed E-state index contributed by atoms with van der Waals surface area (Å²) in [6, 6.07) is 11.2. The van der Waals surface area contributed by atoms with Crippen LogP contribution in [0.1, 0.15) is 29.0 Å². The van der Waals surface area contributed by atoms with E-state index in [9.17, 15) is 27.2 Å². The van der Waals surface area contributed by atoms with Crippen molar-refractivity contribution in [2.24, 2.45) is 5.92 Å². The summed E-state index contributed by atoms with van der Waals surface area (Å²) >= 11 is 0. The number of sulfonamides is 1. The van der Waals surface area contributed by atoms with Crippen LogP contribution in [0.2, 0.25) is 0 Å². The molecule has 1 aliphatic rings. The Hall–Kier alpha value is -3.99. The van der Waals surface area contributed by atoms with Gasteiger partial charge in [-0.2, -0.15) is 0 Å². The topological polar surface area (TPSA) is 126 Å². The molecule has 0 radical (unpaired) electrons. The van der Waals surface area contributed by atoms with Crippen molar-refractivity contribution in [3.8, 4) is 0 Å². The first kappa shape index (κ1) is 25.1. The highest BCUT2D eigenvalue weighted by Gasteiger charge is 2.27. The zero-order valence-corrected chi connectivity index (χ0v) is 20.0. The van der Waals surface area contributed by atoms with Gasteiger partial charge in [-0.1, -0.05) is 30.8 Å². The number of furan rings is 1. The van der Waals surface area contributed by atoms with E-state index < -0.39 is 26.6 Å². The van der Waals surface area contributed by atoms with Crippen LogP contribution in [0.5, 0.6) is 0 Å². The van der Waals surface area contributed by atoms with Crippen LogP contribution in [0.3, 0.4) is 0 Å². The molecule has 2 aromatic carbocycles. The van der Waals surface area contributed by atoms with E-state index in [0.29, 0.717) is 36.9 Å². The summed E-state index contributed by atoms with van der Waals surface area (Å²) in [5.74, 6) is -2.72. The number of hydrogen-bond acceptors (Lipinski definition) is 6. The minimum Gasteiger partial charge on any atom is -0.451 e. The van der Waals surface area contributed by atoms with Crippen LogP contribution in [0, 0.1) is 11.7 Å². The third-order valence-electron chi connectivity index (χ3n) is 5.98. The highest BCUT2D eigenvalue weighted by atomic mass is 32.2. The average Bonchev–Trinajstić information content (AvgIpc) is 3.30. The van der Waals surface area contributed by atoms with E-state index >= 15 is 0 Å². The fourth-order valence-electron chi connectivity index (χ4n) is 4.01. The van der Waals surface area contributed by atoms with Crippen molar-refractivity contribution in [1.29, 1.82) is 0 Å². The lowest BCUT2D eigenvalue weighted by molar-refractivity contribution is -0.132. The lowest BCUT2D eigenvalue weighted by Gasteiger charge is -2.30. The van der Waals surface area contributed by atoms with E-state index in [4.69, 9.17) is 4.42 Å². The van der Waals surface area contributed by atoms with Crippen molar-refractivity contribution < 1.29 is 31.6 Å². The van der Waals surface area contributed by atoms with Gasteiger partial charge in [0.2, 0.25) is 11.8 Å². The molecular weight excluding hydrogens is 489 g/mol. The van der Waals surface area contributed by atoms with Crippen LogP contribution in [0.4, 0.5) is 4.39 Å². The summed E-state index contributed by atoms with van der Waals surface area (Å²) < 4.78 is 45.9. The molecule has 0 atom stereocenters. The Morgan fingerprint density at radius 3 is 2.53 bits per heavy atom. The van der Waals surface area contributed by atoms with Gasteiger partial charge in [0, 0.05) is 30.9 Å². The van der Waals surface area contributed by atoms with Crippen LogP contribution in [0.25, 0.3) is 11.0 Å². The Balaban J connectivity index is 1.38. The van der Waals surface area contributed by atoms with Crippen molar-refractivity contribution in [3.63, 3.8) is 0 Å². The second-order valence-corrected chi connectivity index (χ2v) is 10.0. The quantitative estimate of drug-likeness (QED) is 0.468. The maximum atomic E-state index is 13.9. The molecule has 11 heteroatoms. The maximum Gasteiger partial charge on any atom is 0.300 e. The van der Waals surface area contributed by atoms with Crippen LogP contribution >= 0.6 is 0 Å². The lowest BCUT2D eigenvalue weighted by Crippen LogP contribution is -2.42. The molecular formula is C25H24FN3O6S. The second-order valence-electron chi connectivity index (χ2n) is 8.37. The Kier molecular flexibility index (Phi) is 7.20. The molecule has 188 valence electrons. The molecule has 9 nitrogen and oxygen atoms in total. The summed E-state index contributed by atoms with van der Waals surface area (Å²) in [6.07, 6.45) is 2.40. The van der Waals surface area contributed by atoms with E-state index in [1.165, 1.54) is 24.3 Å². The number of likely N-dealkylation sites (tertiary alicyclic amines) is 1. The standard InChI is InChI=1S/C25H24FN3O6S/c1-2-23(30)29-11-9-17(10-12-29)24(31)27-15-16-7-8-18-14-21(35-20(18)13-16)25(32)28-36(33,34)22-6-4-3-5-19(22)26/h2-8,13-14,17H,1,9-12,15H2,(H,27,31)(H,28,32). The number of nitrogens with zero attached hydrogens (tertiary/aromatic N) is 1. The van der Waals surface area contributed by atoms with Crippen LogP contribution < -0.4 is 10.0 Å². The molecule has 2 heterocycles. The predicted molar refractivity (Wildman–Crippen MR) is 129 cm³/mol. The summed E-state index contributed by atoms with van der Waals surface area (Å²) in [4.78, 5) is 37.7. The van der Waals surface area contributed by atoms with Gasteiger partial charge in [-0.15, -0.1) is 0 Å². The number of piperidine rings is 1. The van der Waals surface area contributed by atoms with Gasteiger partial charge in [0.15, 0.2) is 5.76 Å². The molecule has 0 unspecified atom stereocenters. The summed E-state index contributed by atoms with van der Waals surface area (Å²) in [7, 11) is -4.43. The van der Waals surface area contributed by atoms with Gasteiger partial charge in [0.05, 0.1) is 0 Å². The lowest BCUT2D eigenvalue weighted by atomic mass is 9.95. The molecule has 1 saturated heterocycles. The van der Waals surface area contributed by atoms with Crippen molar-refractivity contribution >= 4 is 38.7 Å². The fourth-order valence-corrected chi connectivity index (χ4v) is 5.05. The van der Waals surface area contributed by atoms with E-state index in [2.05, 4.69) is 11.9 Å². The minimum atomic E-state index is -4.43. The normalized spacial score (nSPS) is 14.4. The highest BCUT2D eigenvalue weighted by molar-refractivity contribution is 7.90. The van der Waals surface area contributed by atoms with Crippen LogP contribution in [-0.2, 0) is 26.2 Å². The molecule has 0 spiro atoms. The summed E-state index contributed by atoms with van der Waals surface area (Å²) in [5, 5.41) is 3.43. The van der Waals surface area contributed by atoms with Crippen molar-refractivity contribution in [1.82, 2.24) is 14.9 Å². The van der Waals surface area contributed by atoms with Gasteiger partial charge in [0.1, 0.15) is 16.3 Å². The first-order valence-corrected chi connectivity index (χ1v) is 12.7. The molecule has 1 fully saturated rings. The van der Waals surface area contributed by atoms with Gasteiger partial charge in [-0.3, -0.25) is 14.4 Å². The number of hydrogen-bond donors (Lipinski definition) is 2. The number of carbonyl (C=O) groups excluding carboxylic acids is 3. The van der Waals surface area contributed by atoms with Gasteiger partial charge in [-0.05, 0) is 48.7 Å². The Morgan fingerprint density at radius 1 is 1.11 bits per heavy atom. The zero-order valence-electron chi connectivity index (χ0n) is 19.2. The van der Waals surface area contributed by atoms with Gasteiger partial charge in [0.25, 0.3) is 10.0 Å². The number of halogens is 1. The number of carbonyl (C=O) groups is 3. The van der Waals surface area contributed by atoms with E-state index in [-0.39, 0.29) is 30.0 Å². The Bertz CT molecular complexity index is 1440. The number of rotatable bonds is 7. The highest BCUT2D eigenvalue weighted by Crippen LogP contribution is 2.23. The fraction of sp³-hybridized carbons (Fsp3) is 0.240. The number of benzene rings is 2. The van der Waals surface area contributed by atoms with Gasteiger partial charge < -0.3 is 14.6 Å². The second kappa shape index (κ2) is 10.3. The molecule has 3 aromatic rings. The van der Waals surface area contributed by atoms with Crippen LogP contribution in [-0.4, -0.2) is 44.1 Å². The first-order valence-electron chi connectivity index (χ1n) is 11.2. The number of nitrogens with one attached hydrogen (secondary N) is 2. The molecule has 3 amide bonds. The summed E-state index contributed by atoms with van der Waals surface area (Å²) in [6.45, 7) is 4.70. The average molecular weight is 514 g/mol. The van der Waals surface area contributed by atoms with Crippen molar-refractivity contribution in [2.75, 3.05) is 13.1 Å². The van der Waals surface area contributed by atoms with E-state index in [0.717, 1.165) is 17.7 Å². The molecule has 0 saturated carbocycles. The smallest absolute Gasteiger partial charge is 0.300 e. The van der Waals surface area contributed by atoms with E-state index in [1.54, 1.807) is 23.1 Å².